The molecule has 1 aromatic carbocycles. The van der Waals surface area contributed by atoms with Crippen LogP contribution < -0.4 is 19.8 Å². The molecular weight excluding hydrogens is 370 g/mol. The van der Waals surface area contributed by atoms with Crippen LogP contribution in [0.25, 0.3) is 6.08 Å². The molecule has 0 aliphatic carbocycles. The van der Waals surface area contributed by atoms with E-state index in [9.17, 15) is 9.59 Å². The van der Waals surface area contributed by atoms with Gasteiger partial charge in [-0.25, -0.2) is 9.79 Å². The highest BCUT2D eigenvalue weighted by Gasteiger charge is 2.16. The lowest BCUT2D eigenvalue weighted by molar-refractivity contribution is 0.0601. The van der Waals surface area contributed by atoms with Crippen LogP contribution in [0.4, 0.5) is 5.69 Å². The molecule has 0 radical (unpaired) electrons. The van der Waals surface area contributed by atoms with Crippen molar-refractivity contribution in [2.75, 3.05) is 18.7 Å². The number of fused-ring (bicyclic) bond motifs is 1. The maximum absolute atomic E-state index is 12.7. The summed E-state index contributed by atoms with van der Waals surface area (Å²) >= 11 is 3.01. The van der Waals surface area contributed by atoms with Gasteiger partial charge in [-0.1, -0.05) is 17.4 Å². The molecule has 0 amide bonds. The van der Waals surface area contributed by atoms with E-state index in [1.807, 2.05) is 40.6 Å². The Morgan fingerprint density at radius 3 is 2.77 bits per heavy atom. The number of hydrogen-bond donors (Lipinski definition) is 0. The summed E-state index contributed by atoms with van der Waals surface area (Å²) in [5, 5.41) is 1.99. The third kappa shape index (κ3) is 3.09. The quantitative estimate of drug-likeness (QED) is 0.643. The molecule has 0 saturated heterocycles. The number of carbonyl (C=O) groups is 1. The molecular formula is C18H15N3O3S2. The average molecular weight is 385 g/mol. The Morgan fingerprint density at radius 2 is 2.08 bits per heavy atom. The predicted molar refractivity (Wildman–Crippen MR) is 102 cm³/mol. The second-order valence-electron chi connectivity index (χ2n) is 5.66. The van der Waals surface area contributed by atoms with Crippen molar-refractivity contribution in [3.05, 3.63) is 71.9 Å². The Morgan fingerprint density at radius 1 is 1.27 bits per heavy atom. The lowest BCUT2D eigenvalue weighted by atomic mass is 10.2. The molecule has 0 bridgehead atoms. The molecule has 2 aromatic heterocycles. The van der Waals surface area contributed by atoms with Gasteiger partial charge in [0.1, 0.15) is 13.3 Å². The summed E-state index contributed by atoms with van der Waals surface area (Å²) in [7, 11) is 1.36. The first kappa shape index (κ1) is 16.7. The standard InChI is InChI=1S/C18H15N3O3S2/c1-24-17(23)12-4-6-13(7-5-12)20-10-19-18-21(11-20)16(22)15(26-18)9-14-3-2-8-25-14/h2-9H,10-11H2,1H3/b15-9-. The number of carbonyl (C=O) groups excluding carboxylic acids is 1. The van der Waals surface area contributed by atoms with E-state index in [4.69, 9.17) is 4.74 Å². The minimum Gasteiger partial charge on any atom is -0.465 e. The van der Waals surface area contributed by atoms with Crippen molar-refractivity contribution in [3.63, 3.8) is 0 Å². The van der Waals surface area contributed by atoms with Gasteiger partial charge >= 0.3 is 5.97 Å². The van der Waals surface area contributed by atoms with E-state index in [-0.39, 0.29) is 11.5 Å². The Hall–Kier alpha value is -2.71. The molecule has 132 valence electrons. The highest BCUT2D eigenvalue weighted by Crippen LogP contribution is 2.17. The smallest absolute Gasteiger partial charge is 0.337 e. The number of hydrogen-bond acceptors (Lipinski definition) is 7. The molecule has 4 rings (SSSR count). The van der Waals surface area contributed by atoms with Gasteiger partial charge in [0.25, 0.3) is 5.56 Å². The number of thiophene rings is 1. The van der Waals surface area contributed by atoms with E-state index < -0.39 is 0 Å². The van der Waals surface area contributed by atoms with Gasteiger partial charge in [-0.2, -0.15) is 0 Å². The van der Waals surface area contributed by atoms with Crippen LogP contribution in [0, 0.1) is 0 Å². The number of methoxy groups -OCH3 is 1. The van der Waals surface area contributed by atoms with Gasteiger partial charge in [-0.15, -0.1) is 11.3 Å². The Labute approximate surface area is 156 Å². The van der Waals surface area contributed by atoms with E-state index in [0.717, 1.165) is 15.4 Å². The first-order valence-corrected chi connectivity index (χ1v) is 9.58. The summed E-state index contributed by atoms with van der Waals surface area (Å²) in [6.07, 6.45) is 1.91. The molecule has 1 aliphatic rings. The van der Waals surface area contributed by atoms with E-state index in [1.54, 1.807) is 28.0 Å². The molecule has 0 N–H and O–H groups in total. The summed E-state index contributed by atoms with van der Waals surface area (Å²) in [6, 6.07) is 11.0. The zero-order valence-electron chi connectivity index (χ0n) is 13.9. The van der Waals surface area contributed by atoms with Gasteiger partial charge in [-0.3, -0.25) is 9.36 Å². The molecule has 0 atom stereocenters. The molecule has 3 heterocycles. The number of rotatable bonds is 3. The van der Waals surface area contributed by atoms with Crippen molar-refractivity contribution in [3.8, 4) is 0 Å². The largest absolute Gasteiger partial charge is 0.465 e. The zero-order valence-corrected chi connectivity index (χ0v) is 15.5. The minimum absolute atomic E-state index is 0.0296. The summed E-state index contributed by atoms with van der Waals surface area (Å²) < 4.78 is 7.08. The van der Waals surface area contributed by atoms with Crippen molar-refractivity contribution in [2.45, 2.75) is 6.67 Å². The maximum Gasteiger partial charge on any atom is 0.337 e. The minimum atomic E-state index is -0.370. The Kier molecular flexibility index (Phi) is 4.44. The first-order chi connectivity index (χ1) is 12.7. The second-order valence-corrected chi connectivity index (χ2v) is 7.65. The Bertz CT molecular complexity index is 1110. The third-order valence-corrected chi connectivity index (χ3v) is 5.91. The summed E-state index contributed by atoms with van der Waals surface area (Å²) in [5.41, 5.74) is 1.36. The fraction of sp³-hybridized carbons (Fsp3) is 0.167. The molecule has 8 heteroatoms. The van der Waals surface area contributed by atoms with Crippen molar-refractivity contribution in [2.24, 2.45) is 4.99 Å². The van der Waals surface area contributed by atoms with Crippen molar-refractivity contribution >= 4 is 40.4 Å². The van der Waals surface area contributed by atoms with Gasteiger partial charge < -0.3 is 9.64 Å². The number of thiazole rings is 1. The van der Waals surface area contributed by atoms with Crippen LogP contribution in [0.2, 0.25) is 0 Å². The monoisotopic (exact) mass is 385 g/mol. The van der Waals surface area contributed by atoms with E-state index in [0.29, 0.717) is 23.4 Å². The third-order valence-electron chi connectivity index (χ3n) is 4.05. The predicted octanol–water partition coefficient (Wildman–Crippen LogP) is 1.64. The van der Waals surface area contributed by atoms with Crippen molar-refractivity contribution in [1.29, 1.82) is 0 Å². The number of anilines is 1. The second kappa shape index (κ2) is 6.89. The van der Waals surface area contributed by atoms with Crippen LogP contribution in [0.15, 0.2) is 51.6 Å². The summed E-state index contributed by atoms with van der Waals surface area (Å²) in [5.74, 6) is -0.370. The van der Waals surface area contributed by atoms with Crippen LogP contribution in [0.1, 0.15) is 15.2 Å². The summed E-state index contributed by atoms with van der Waals surface area (Å²) in [6.45, 7) is 0.903. The lowest BCUT2D eigenvalue weighted by Gasteiger charge is -2.25. The maximum atomic E-state index is 12.7. The zero-order chi connectivity index (χ0) is 18.1. The SMILES string of the molecule is COC(=O)c1ccc(N2CN=c3s/c(=C\c4cccs4)c(=O)n3C2)cc1. The first-order valence-electron chi connectivity index (χ1n) is 7.88. The fourth-order valence-corrected chi connectivity index (χ4v) is 4.39. The van der Waals surface area contributed by atoms with Crippen LogP contribution >= 0.6 is 22.7 Å². The Balaban J connectivity index is 1.63. The van der Waals surface area contributed by atoms with Gasteiger partial charge in [0.2, 0.25) is 0 Å². The molecule has 0 fully saturated rings. The van der Waals surface area contributed by atoms with Crippen LogP contribution in [0.5, 0.6) is 0 Å². The molecule has 3 aromatic rings. The lowest BCUT2D eigenvalue weighted by Crippen LogP contribution is -2.42. The van der Waals surface area contributed by atoms with Gasteiger partial charge in [0.15, 0.2) is 4.80 Å². The number of aromatic nitrogens is 1. The van der Waals surface area contributed by atoms with E-state index in [2.05, 4.69) is 4.99 Å². The van der Waals surface area contributed by atoms with Crippen LogP contribution in [-0.2, 0) is 11.4 Å². The van der Waals surface area contributed by atoms with Crippen molar-refractivity contribution < 1.29 is 9.53 Å². The average Bonchev–Trinajstić information content (AvgIpc) is 3.30. The van der Waals surface area contributed by atoms with Gasteiger partial charge in [0.05, 0.1) is 17.2 Å². The highest BCUT2D eigenvalue weighted by molar-refractivity contribution is 7.11. The van der Waals surface area contributed by atoms with E-state index in [1.165, 1.54) is 18.4 Å². The molecule has 0 spiro atoms. The molecule has 26 heavy (non-hydrogen) atoms. The van der Waals surface area contributed by atoms with Crippen LogP contribution in [-0.4, -0.2) is 24.3 Å². The fourth-order valence-electron chi connectivity index (χ4n) is 2.70. The topological polar surface area (TPSA) is 63.9 Å². The van der Waals surface area contributed by atoms with Crippen LogP contribution in [0.3, 0.4) is 0 Å². The number of esters is 1. The van der Waals surface area contributed by atoms with E-state index >= 15 is 0 Å². The molecule has 6 nitrogen and oxygen atoms in total. The number of nitrogens with zero attached hydrogens (tertiary/aromatic N) is 3. The van der Waals surface area contributed by atoms with Gasteiger partial charge in [-0.05, 0) is 41.8 Å². The normalized spacial score (nSPS) is 14.0. The number of ether oxygens (including phenoxy) is 1. The van der Waals surface area contributed by atoms with Crippen molar-refractivity contribution in [1.82, 2.24) is 4.57 Å². The molecule has 0 saturated carbocycles. The number of benzene rings is 1. The molecule has 0 unspecified atom stereocenters. The summed E-state index contributed by atoms with van der Waals surface area (Å²) in [4.78, 5) is 32.5. The molecule has 1 aliphatic heterocycles. The highest BCUT2D eigenvalue weighted by atomic mass is 32.1. The van der Waals surface area contributed by atoms with Gasteiger partial charge in [0, 0.05) is 10.6 Å².